The third kappa shape index (κ3) is 3.92. The predicted octanol–water partition coefficient (Wildman–Crippen LogP) is 3.18. The summed E-state index contributed by atoms with van der Waals surface area (Å²) in [5.41, 5.74) is 2.49. The predicted molar refractivity (Wildman–Crippen MR) is 77.7 cm³/mol. The Hall–Kier alpha value is -1.12. The van der Waals surface area contributed by atoms with E-state index >= 15 is 0 Å². The molecular weight excluding hydrogens is 327 g/mol. The van der Waals surface area contributed by atoms with Gasteiger partial charge in [-0.15, -0.1) is 0 Å². The first-order valence-corrected chi connectivity index (χ1v) is 8.00. The fourth-order valence-corrected chi connectivity index (χ4v) is 3.29. The van der Waals surface area contributed by atoms with Crippen LogP contribution in [-0.2, 0) is 0 Å². The van der Waals surface area contributed by atoms with Gasteiger partial charge in [-0.05, 0) is 0 Å². The van der Waals surface area contributed by atoms with E-state index in [4.69, 9.17) is 11.6 Å². The summed E-state index contributed by atoms with van der Waals surface area (Å²) >= 11 is 5.25. The van der Waals surface area contributed by atoms with E-state index in [0.29, 0.717) is 10.6 Å². The van der Waals surface area contributed by atoms with Crippen molar-refractivity contribution in [3.8, 4) is 0 Å². The molecule has 98 valence electrons. The summed E-state index contributed by atoms with van der Waals surface area (Å²) in [6, 6.07) is 14.3. The number of aliphatic hydroxyl groups is 1. The third-order valence-corrected chi connectivity index (χ3v) is 4.90. The molecule has 0 saturated carbocycles. The summed E-state index contributed by atoms with van der Waals surface area (Å²) in [6.45, 7) is 1.97. The molecule has 0 aromatic heterocycles. The van der Waals surface area contributed by atoms with Gasteiger partial charge in [-0.2, -0.15) is 0 Å². The molecule has 0 aliphatic carbocycles. The molecule has 0 aliphatic rings. The van der Waals surface area contributed by atoms with Gasteiger partial charge in [-0.25, -0.2) is 0 Å². The summed E-state index contributed by atoms with van der Waals surface area (Å²) < 4.78 is -0.00468. The Morgan fingerprint density at radius 3 is 2.26 bits per heavy atom. The Labute approximate surface area is 123 Å². The molecule has 2 aromatic rings. The Morgan fingerprint density at radius 1 is 1.11 bits per heavy atom. The van der Waals surface area contributed by atoms with Crippen molar-refractivity contribution in [2.75, 3.05) is 0 Å². The number of rotatable bonds is 4. The van der Waals surface area contributed by atoms with Gasteiger partial charge in [-0.1, -0.05) is 0 Å². The van der Waals surface area contributed by atoms with E-state index in [1.165, 1.54) is 0 Å². The van der Waals surface area contributed by atoms with E-state index in [1.54, 1.807) is 36.4 Å². The van der Waals surface area contributed by atoms with Crippen LogP contribution in [0.15, 0.2) is 48.5 Å². The van der Waals surface area contributed by atoms with E-state index in [9.17, 15) is 9.90 Å². The fraction of sp³-hybridized carbons (Fsp3) is 0.133. The molecule has 0 heterocycles. The van der Waals surface area contributed by atoms with Crippen molar-refractivity contribution >= 4 is 31.2 Å². The van der Waals surface area contributed by atoms with Gasteiger partial charge in [0.2, 0.25) is 0 Å². The topological polar surface area (TPSA) is 37.3 Å². The van der Waals surface area contributed by atoms with Gasteiger partial charge in [0.25, 0.3) is 0 Å². The van der Waals surface area contributed by atoms with Gasteiger partial charge in [0.05, 0.1) is 0 Å². The second-order valence-electron chi connectivity index (χ2n) is 4.18. The second-order valence-corrected chi connectivity index (χ2v) is 6.82. The van der Waals surface area contributed by atoms with Gasteiger partial charge >= 0.3 is 123 Å². The Kier molecular flexibility index (Phi) is 4.78. The van der Waals surface area contributed by atoms with Crippen LogP contribution in [-0.4, -0.2) is 24.7 Å². The van der Waals surface area contributed by atoms with Gasteiger partial charge < -0.3 is 0 Å². The van der Waals surface area contributed by atoms with Gasteiger partial charge in [0.1, 0.15) is 0 Å². The molecular formula is C15H13ClO2Se. The quantitative estimate of drug-likeness (QED) is 0.869. The molecule has 0 aliphatic heterocycles. The number of benzene rings is 2. The van der Waals surface area contributed by atoms with Crippen LogP contribution in [0.3, 0.4) is 0 Å². The van der Waals surface area contributed by atoms with Crippen LogP contribution < -0.4 is 0 Å². The van der Waals surface area contributed by atoms with E-state index < -0.39 is 20.0 Å². The molecule has 1 N–H and O–H groups in total. The SMILES string of the molecule is Cc1ccc(C(=O)[Se]C(O)c2ccc(Cl)cc2)cc1. The first-order valence-electron chi connectivity index (χ1n) is 5.77. The Bertz CT molecular complexity index is 564. The van der Waals surface area contributed by atoms with Crippen LogP contribution in [0, 0.1) is 6.92 Å². The second kappa shape index (κ2) is 6.36. The standard InChI is InChI=1S/C15H13ClO2Se/c1-10-2-4-11(5-3-10)14(17)19-15(18)12-6-8-13(16)9-7-12/h2-9,15,18H,1H3. The molecule has 0 amide bonds. The Balaban J connectivity index is 2.06. The summed E-state index contributed by atoms with van der Waals surface area (Å²) in [7, 11) is 0. The normalized spacial score (nSPS) is 12.2. The molecule has 0 fully saturated rings. The van der Waals surface area contributed by atoms with E-state index in [0.717, 1.165) is 11.1 Å². The average Bonchev–Trinajstić information content (AvgIpc) is 2.40. The van der Waals surface area contributed by atoms with Crippen LogP contribution in [0.2, 0.25) is 5.02 Å². The molecule has 19 heavy (non-hydrogen) atoms. The van der Waals surface area contributed by atoms with Gasteiger partial charge in [0, 0.05) is 0 Å². The van der Waals surface area contributed by atoms with Crippen LogP contribution >= 0.6 is 11.6 Å². The number of carbonyl (C=O) groups is 1. The first kappa shape index (κ1) is 14.3. The molecule has 0 spiro atoms. The van der Waals surface area contributed by atoms with Crippen LogP contribution in [0.5, 0.6) is 0 Å². The molecule has 4 heteroatoms. The van der Waals surface area contributed by atoms with E-state index in [1.807, 2.05) is 19.1 Å². The minimum atomic E-state index is -0.737. The number of aliphatic hydroxyl groups excluding tert-OH is 1. The number of aryl methyl sites for hydroxylation is 1. The summed E-state index contributed by atoms with van der Waals surface area (Å²) in [4.78, 5) is 12.0. The van der Waals surface area contributed by atoms with Crippen molar-refractivity contribution in [3.05, 3.63) is 70.2 Å². The number of carbonyl (C=O) groups excluding carboxylic acids is 1. The molecule has 2 aromatic carbocycles. The zero-order valence-electron chi connectivity index (χ0n) is 10.3. The molecule has 0 radical (unpaired) electrons. The minimum absolute atomic E-state index is 0.00468. The molecule has 2 rings (SSSR count). The summed E-state index contributed by atoms with van der Waals surface area (Å²) in [5, 5.41) is 9.94. The first-order chi connectivity index (χ1) is 9.06. The number of halogens is 1. The Morgan fingerprint density at radius 2 is 1.68 bits per heavy atom. The van der Waals surface area contributed by atoms with Crippen LogP contribution in [0.1, 0.15) is 26.5 Å². The number of hydrogen-bond acceptors (Lipinski definition) is 2. The van der Waals surface area contributed by atoms with Crippen molar-refractivity contribution < 1.29 is 9.90 Å². The molecule has 0 saturated heterocycles. The maximum atomic E-state index is 12.0. The summed E-state index contributed by atoms with van der Waals surface area (Å²) in [5.74, 6) is 0. The number of hydrogen-bond donors (Lipinski definition) is 1. The van der Waals surface area contributed by atoms with Crippen molar-refractivity contribution in [1.82, 2.24) is 0 Å². The summed E-state index contributed by atoms with van der Waals surface area (Å²) in [6.07, 6.45) is 0. The maximum absolute atomic E-state index is 12.0. The zero-order valence-corrected chi connectivity index (χ0v) is 12.8. The molecule has 0 bridgehead atoms. The van der Waals surface area contributed by atoms with Crippen LogP contribution in [0.25, 0.3) is 0 Å². The fourth-order valence-electron chi connectivity index (χ4n) is 1.55. The monoisotopic (exact) mass is 340 g/mol. The van der Waals surface area contributed by atoms with Crippen molar-refractivity contribution in [2.24, 2.45) is 0 Å². The van der Waals surface area contributed by atoms with Crippen molar-refractivity contribution in [3.63, 3.8) is 0 Å². The average molecular weight is 340 g/mol. The molecule has 2 nitrogen and oxygen atoms in total. The van der Waals surface area contributed by atoms with Crippen molar-refractivity contribution in [2.45, 2.75) is 11.9 Å². The van der Waals surface area contributed by atoms with Gasteiger partial charge in [-0.3, -0.25) is 0 Å². The van der Waals surface area contributed by atoms with E-state index in [-0.39, 0.29) is 4.68 Å². The van der Waals surface area contributed by atoms with Crippen LogP contribution in [0.4, 0.5) is 0 Å². The molecule has 1 atom stereocenters. The third-order valence-electron chi connectivity index (χ3n) is 2.66. The zero-order chi connectivity index (χ0) is 13.8. The van der Waals surface area contributed by atoms with E-state index in [2.05, 4.69) is 0 Å². The van der Waals surface area contributed by atoms with Gasteiger partial charge in [0.15, 0.2) is 0 Å². The van der Waals surface area contributed by atoms with Crippen molar-refractivity contribution in [1.29, 1.82) is 0 Å². The molecule has 1 unspecified atom stereocenters.